The number of carbonyl (C=O) groups excluding carboxylic acids is 3. The van der Waals surface area contributed by atoms with E-state index in [1.54, 1.807) is 72.7 Å². The number of carbonyl (C=O) groups is 3. The Bertz CT molecular complexity index is 1030. The molecule has 2 aromatic heterocycles. The van der Waals surface area contributed by atoms with Crippen LogP contribution in [0.15, 0.2) is 24.3 Å². The van der Waals surface area contributed by atoms with Gasteiger partial charge in [-0.15, -0.1) is 0 Å². The Hall–Kier alpha value is -3.40. The number of nitrogens with zero attached hydrogens (tertiary/aromatic N) is 2. The molecule has 0 bridgehead atoms. The van der Waals surface area contributed by atoms with Crippen molar-refractivity contribution in [3.63, 3.8) is 0 Å². The predicted molar refractivity (Wildman–Crippen MR) is 131 cm³/mol. The lowest BCUT2D eigenvalue weighted by Crippen LogP contribution is -2.28. The van der Waals surface area contributed by atoms with Gasteiger partial charge in [-0.05, 0) is 65.8 Å². The number of rotatable bonds is 5. The molecule has 2 aromatic rings. The molecule has 0 aromatic carbocycles. The van der Waals surface area contributed by atoms with Gasteiger partial charge in [0.1, 0.15) is 22.8 Å². The van der Waals surface area contributed by atoms with Crippen molar-refractivity contribution in [2.45, 2.75) is 66.1 Å². The van der Waals surface area contributed by atoms with Gasteiger partial charge in [0.05, 0.1) is 11.4 Å². The first-order valence-corrected chi connectivity index (χ1v) is 11.0. The Labute approximate surface area is 203 Å². The number of aromatic nitrogens is 2. The molecule has 0 atom stereocenters. The van der Waals surface area contributed by atoms with Crippen molar-refractivity contribution in [2.24, 2.45) is 0 Å². The van der Waals surface area contributed by atoms with Gasteiger partial charge in [0.15, 0.2) is 5.15 Å². The van der Waals surface area contributed by atoms with Crippen LogP contribution in [0.25, 0.3) is 11.3 Å². The number of hydrogen-bond donors (Lipinski definition) is 3. The van der Waals surface area contributed by atoms with Crippen LogP contribution in [-0.4, -0.2) is 39.3 Å². The van der Waals surface area contributed by atoms with Crippen LogP contribution in [0.1, 0.15) is 54.9 Å². The van der Waals surface area contributed by atoms with E-state index in [0.29, 0.717) is 23.4 Å². The molecule has 0 radical (unpaired) electrons. The van der Waals surface area contributed by atoms with Crippen LogP contribution in [-0.2, 0) is 14.3 Å². The highest BCUT2D eigenvalue weighted by atomic mass is 35.5. The van der Waals surface area contributed by atoms with E-state index in [1.165, 1.54) is 0 Å². The highest BCUT2D eigenvalue weighted by Gasteiger charge is 2.20. The first-order valence-electron chi connectivity index (χ1n) is 10.6. The summed E-state index contributed by atoms with van der Waals surface area (Å²) >= 11 is 6.25. The largest absolute Gasteiger partial charge is 0.444 e. The molecular formula is C23H30ClN5O5. The molecule has 0 aliphatic carbocycles. The molecule has 0 saturated carbocycles. The van der Waals surface area contributed by atoms with Gasteiger partial charge >= 0.3 is 12.2 Å². The fourth-order valence-electron chi connectivity index (χ4n) is 2.55. The van der Waals surface area contributed by atoms with Crippen LogP contribution < -0.4 is 16.0 Å². The van der Waals surface area contributed by atoms with Gasteiger partial charge < -0.3 is 14.8 Å². The number of ether oxygens (including phenoxy) is 2. The third kappa shape index (κ3) is 8.86. The minimum Gasteiger partial charge on any atom is -0.444 e. The van der Waals surface area contributed by atoms with Crippen LogP contribution in [0.3, 0.4) is 0 Å². The van der Waals surface area contributed by atoms with Crippen LogP contribution in [0.2, 0.25) is 5.15 Å². The summed E-state index contributed by atoms with van der Waals surface area (Å²) in [6.07, 6.45) is -1.14. The third-order valence-electron chi connectivity index (χ3n) is 3.82. The summed E-state index contributed by atoms with van der Waals surface area (Å²) in [4.78, 5) is 44.8. The van der Waals surface area contributed by atoms with Gasteiger partial charge in [-0.1, -0.05) is 18.5 Å². The summed E-state index contributed by atoms with van der Waals surface area (Å²) in [5.74, 6) is 0.0197. The molecule has 0 saturated heterocycles. The fraction of sp³-hybridized carbons (Fsp3) is 0.435. The van der Waals surface area contributed by atoms with Crippen molar-refractivity contribution in [1.82, 2.24) is 9.97 Å². The Balaban J connectivity index is 2.41. The molecule has 2 heterocycles. The van der Waals surface area contributed by atoms with Gasteiger partial charge in [0, 0.05) is 12.0 Å². The quantitative estimate of drug-likeness (QED) is 0.447. The number of halogens is 1. The molecule has 0 aliphatic heterocycles. The smallest absolute Gasteiger partial charge is 0.413 e. The van der Waals surface area contributed by atoms with E-state index in [0.717, 1.165) is 0 Å². The van der Waals surface area contributed by atoms with E-state index in [9.17, 15) is 14.4 Å². The van der Waals surface area contributed by atoms with Gasteiger partial charge in [-0.3, -0.25) is 15.4 Å². The number of pyridine rings is 2. The molecule has 0 fully saturated rings. The van der Waals surface area contributed by atoms with E-state index in [-0.39, 0.29) is 22.7 Å². The summed E-state index contributed by atoms with van der Waals surface area (Å²) in [5, 5.41) is 7.84. The Morgan fingerprint density at radius 1 is 0.853 bits per heavy atom. The van der Waals surface area contributed by atoms with Gasteiger partial charge in [0.25, 0.3) is 0 Å². The van der Waals surface area contributed by atoms with E-state index in [4.69, 9.17) is 21.1 Å². The van der Waals surface area contributed by atoms with Crippen LogP contribution in [0.4, 0.5) is 26.9 Å². The summed E-state index contributed by atoms with van der Waals surface area (Å²) in [5.41, 5.74) is -0.158. The summed E-state index contributed by atoms with van der Waals surface area (Å²) in [6.45, 7) is 12.1. The molecule has 184 valence electrons. The number of amides is 3. The second-order valence-corrected chi connectivity index (χ2v) is 9.67. The molecule has 0 aliphatic rings. The SMILES string of the molecule is CCC(=O)Nc1ccc(-c2cc(NC(=O)OC(C)(C)C)nc(NC(=O)OC(C)(C)C)c2)nc1Cl. The van der Waals surface area contributed by atoms with Crippen LogP contribution in [0.5, 0.6) is 0 Å². The summed E-state index contributed by atoms with van der Waals surface area (Å²) < 4.78 is 10.6. The third-order valence-corrected chi connectivity index (χ3v) is 4.11. The number of hydrogen-bond acceptors (Lipinski definition) is 7. The number of anilines is 3. The average Bonchev–Trinajstić information content (AvgIpc) is 2.66. The van der Waals surface area contributed by atoms with Gasteiger partial charge in [-0.25, -0.2) is 19.6 Å². The first-order chi connectivity index (χ1) is 15.6. The minimum absolute atomic E-state index is 0.0828. The zero-order chi connectivity index (χ0) is 25.7. The van der Waals surface area contributed by atoms with Crippen LogP contribution in [0, 0.1) is 0 Å². The molecule has 0 unspecified atom stereocenters. The molecule has 11 heteroatoms. The average molecular weight is 492 g/mol. The molecule has 3 amide bonds. The van der Waals surface area contributed by atoms with E-state index >= 15 is 0 Å². The fourth-order valence-corrected chi connectivity index (χ4v) is 2.75. The van der Waals surface area contributed by atoms with E-state index in [2.05, 4.69) is 25.9 Å². The normalized spacial score (nSPS) is 11.4. The van der Waals surface area contributed by atoms with Crippen LogP contribution >= 0.6 is 11.6 Å². The Morgan fingerprint density at radius 2 is 1.35 bits per heavy atom. The zero-order valence-electron chi connectivity index (χ0n) is 20.3. The summed E-state index contributed by atoms with van der Waals surface area (Å²) in [7, 11) is 0. The van der Waals surface area contributed by atoms with Crippen molar-refractivity contribution in [3.8, 4) is 11.3 Å². The van der Waals surface area contributed by atoms with Crippen molar-refractivity contribution >= 4 is 47.0 Å². The highest BCUT2D eigenvalue weighted by Crippen LogP contribution is 2.28. The monoisotopic (exact) mass is 491 g/mol. The lowest BCUT2D eigenvalue weighted by molar-refractivity contribution is -0.115. The maximum Gasteiger partial charge on any atom is 0.413 e. The topological polar surface area (TPSA) is 132 Å². The lowest BCUT2D eigenvalue weighted by Gasteiger charge is -2.20. The molecule has 34 heavy (non-hydrogen) atoms. The first kappa shape index (κ1) is 26.8. The standard InChI is InChI=1S/C23H30ClN5O5/c1-8-18(30)25-15-10-9-14(26-19(15)24)13-11-16(28-20(31)33-22(2,3)4)27-17(12-13)29-21(32)34-23(5,6)7/h9-12H,8H2,1-7H3,(H,25,30)(H2,27,28,29,31,32). The number of nitrogens with one attached hydrogen (secondary N) is 3. The minimum atomic E-state index is -0.719. The van der Waals surface area contributed by atoms with Crippen molar-refractivity contribution in [3.05, 3.63) is 29.4 Å². The molecule has 2 rings (SSSR count). The highest BCUT2D eigenvalue weighted by molar-refractivity contribution is 6.32. The molecule has 0 spiro atoms. The van der Waals surface area contributed by atoms with Gasteiger partial charge in [0.2, 0.25) is 5.91 Å². The Morgan fingerprint density at radius 3 is 1.76 bits per heavy atom. The second-order valence-electron chi connectivity index (χ2n) is 9.32. The Kier molecular flexibility index (Phi) is 8.44. The lowest BCUT2D eigenvalue weighted by atomic mass is 10.1. The van der Waals surface area contributed by atoms with Crippen molar-refractivity contribution < 1.29 is 23.9 Å². The summed E-state index contributed by atoms with van der Waals surface area (Å²) in [6, 6.07) is 6.35. The van der Waals surface area contributed by atoms with Crippen molar-refractivity contribution in [2.75, 3.05) is 16.0 Å². The molecular weight excluding hydrogens is 462 g/mol. The maximum atomic E-state index is 12.3. The zero-order valence-corrected chi connectivity index (χ0v) is 21.1. The molecule has 10 nitrogen and oxygen atoms in total. The maximum absolute atomic E-state index is 12.3. The predicted octanol–water partition coefficient (Wildman–Crippen LogP) is 5.84. The molecule has 3 N–H and O–H groups in total. The second kappa shape index (κ2) is 10.7. The van der Waals surface area contributed by atoms with E-state index < -0.39 is 23.4 Å². The van der Waals surface area contributed by atoms with Gasteiger partial charge in [-0.2, -0.15) is 0 Å². The van der Waals surface area contributed by atoms with E-state index in [1.807, 2.05) is 0 Å². The van der Waals surface area contributed by atoms with Crippen molar-refractivity contribution in [1.29, 1.82) is 0 Å².